The van der Waals surface area contributed by atoms with Gasteiger partial charge in [0.05, 0.1) is 30.5 Å². The maximum absolute atomic E-state index is 13.7. The summed E-state index contributed by atoms with van der Waals surface area (Å²) in [5, 5.41) is 3.10. The fraction of sp³-hybridized carbons (Fsp3) is 0.138. The van der Waals surface area contributed by atoms with Crippen LogP contribution in [0.2, 0.25) is 5.02 Å². The molecule has 0 aliphatic carbocycles. The van der Waals surface area contributed by atoms with E-state index in [0.29, 0.717) is 33.7 Å². The molecule has 0 saturated carbocycles. The molecule has 0 aliphatic heterocycles. The summed E-state index contributed by atoms with van der Waals surface area (Å²) in [5.74, 6) is 1.18. The Morgan fingerprint density at radius 1 is 0.846 bits per heavy atom. The lowest BCUT2D eigenvalue weighted by Crippen LogP contribution is -2.38. The summed E-state index contributed by atoms with van der Waals surface area (Å²) in [4.78, 5) is 13.4. The number of para-hydroxylation sites is 2. The first kappa shape index (κ1) is 27.8. The van der Waals surface area contributed by atoms with Crippen molar-refractivity contribution in [1.29, 1.82) is 0 Å². The Morgan fingerprint density at radius 3 is 2.15 bits per heavy atom. The number of hydrogen-bond acceptors (Lipinski definition) is 6. The molecule has 0 radical (unpaired) electrons. The molecule has 0 aromatic heterocycles. The van der Waals surface area contributed by atoms with Gasteiger partial charge in [-0.1, -0.05) is 41.4 Å². The van der Waals surface area contributed by atoms with E-state index in [2.05, 4.69) is 5.32 Å². The molecule has 0 aliphatic rings. The van der Waals surface area contributed by atoms with Gasteiger partial charge in [-0.3, -0.25) is 9.10 Å². The number of ether oxygens (including phenoxy) is 3. The van der Waals surface area contributed by atoms with Gasteiger partial charge in [-0.2, -0.15) is 0 Å². The predicted molar refractivity (Wildman–Crippen MR) is 152 cm³/mol. The van der Waals surface area contributed by atoms with Gasteiger partial charge in [0, 0.05) is 5.02 Å². The van der Waals surface area contributed by atoms with Gasteiger partial charge in [0.1, 0.15) is 12.3 Å². The van der Waals surface area contributed by atoms with Gasteiger partial charge in [0.15, 0.2) is 17.2 Å². The van der Waals surface area contributed by atoms with E-state index in [1.165, 1.54) is 32.4 Å². The molecule has 0 unspecified atom stereocenters. The molecule has 1 amide bonds. The number of carbonyl (C=O) groups excluding carboxylic acids is 1. The molecular formula is C29H27ClN2O6S. The van der Waals surface area contributed by atoms with Crippen LogP contribution in [0.5, 0.6) is 23.0 Å². The van der Waals surface area contributed by atoms with E-state index >= 15 is 0 Å². The number of anilines is 2. The van der Waals surface area contributed by atoms with Gasteiger partial charge in [0.2, 0.25) is 5.91 Å². The summed E-state index contributed by atoms with van der Waals surface area (Å²) < 4.78 is 44.9. The van der Waals surface area contributed by atoms with Gasteiger partial charge >= 0.3 is 0 Å². The van der Waals surface area contributed by atoms with Gasteiger partial charge in [-0.05, 0) is 73.7 Å². The first-order valence-electron chi connectivity index (χ1n) is 11.8. The zero-order valence-electron chi connectivity index (χ0n) is 21.6. The zero-order valence-corrected chi connectivity index (χ0v) is 23.1. The standard InChI is InChI=1S/C29H27ClN2O6S/c1-20-8-15-24(16-9-20)39(34,35)32(22-11-13-23(36-2)14-12-22)19-29(33)31-25-18-21(30)10-17-26(25)38-28-7-5-4-6-27(28)37-3/h4-18H,19H2,1-3H3,(H,31,33). The maximum Gasteiger partial charge on any atom is 0.264 e. The number of nitrogens with one attached hydrogen (secondary N) is 1. The molecule has 202 valence electrons. The summed E-state index contributed by atoms with van der Waals surface area (Å²) in [5.41, 5.74) is 1.47. The number of rotatable bonds is 10. The molecular weight excluding hydrogens is 540 g/mol. The summed E-state index contributed by atoms with van der Waals surface area (Å²) in [6, 6.07) is 24.6. The van der Waals surface area contributed by atoms with Gasteiger partial charge in [0.25, 0.3) is 10.0 Å². The molecule has 10 heteroatoms. The van der Waals surface area contributed by atoms with Gasteiger partial charge in [-0.15, -0.1) is 0 Å². The van der Waals surface area contributed by atoms with Crippen LogP contribution in [0.1, 0.15) is 5.56 Å². The number of benzene rings is 4. The fourth-order valence-electron chi connectivity index (χ4n) is 3.73. The summed E-state index contributed by atoms with van der Waals surface area (Å²) in [7, 11) is -1.06. The molecule has 0 heterocycles. The van der Waals surface area contributed by atoms with Crippen LogP contribution in [0, 0.1) is 6.92 Å². The van der Waals surface area contributed by atoms with Crippen LogP contribution in [0.3, 0.4) is 0 Å². The minimum Gasteiger partial charge on any atom is -0.497 e. The second-order valence-corrected chi connectivity index (χ2v) is 10.8. The quantitative estimate of drug-likeness (QED) is 0.242. The van der Waals surface area contributed by atoms with Crippen LogP contribution >= 0.6 is 11.6 Å². The highest BCUT2D eigenvalue weighted by Crippen LogP contribution is 2.36. The third kappa shape index (κ3) is 6.63. The van der Waals surface area contributed by atoms with Crippen molar-refractivity contribution >= 4 is 38.9 Å². The number of sulfonamides is 1. The summed E-state index contributed by atoms with van der Waals surface area (Å²) >= 11 is 6.21. The predicted octanol–water partition coefficient (Wildman–Crippen LogP) is 6.29. The number of methoxy groups -OCH3 is 2. The normalized spacial score (nSPS) is 11.0. The topological polar surface area (TPSA) is 94.2 Å². The van der Waals surface area contributed by atoms with Crippen LogP contribution in [-0.2, 0) is 14.8 Å². The molecule has 4 aromatic carbocycles. The van der Waals surface area contributed by atoms with Gasteiger partial charge in [-0.25, -0.2) is 8.42 Å². The lowest BCUT2D eigenvalue weighted by Gasteiger charge is -2.24. The van der Waals surface area contributed by atoms with Crippen molar-refractivity contribution in [1.82, 2.24) is 0 Å². The molecule has 4 aromatic rings. The second-order valence-electron chi connectivity index (χ2n) is 8.46. The van der Waals surface area contributed by atoms with E-state index in [-0.39, 0.29) is 10.6 Å². The Morgan fingerprint density at radius 2 is 1.51 bits per heavy atom. The zero-order chi connectivity index (χ0) is 28.0. The van der Waals surface area contributed by atoms with Gasteiger partial charge < -0.3 is 19.5 Å². The highest BCUT2D eigenvalue weighted by atomic mass is 35.5. The maximum atomic E-state index is 13.7. The van der Waals surface area contributed by atoms with Crippen molar-refractivity contribution < 1.29 is 27.4 Å². The van der Waals surface area contributed by atoms with E-state index in [0.717, 1.165) is 9.87 Å². The van der Waals surface area contributed by atoms with E-state index in [9.17, 15) is 13.2 Å². The lowest BCUT2D eigenvalue weighted by molar-refractivity contribution is -0.114. The first-order valence-corrected chi connectivity index (χ1v) is 13.7. The Kier molecular flexibility index (Phi) is 8.63. The fourth-order valence-corrected chi connectivity index (χ4v) is 5.32. The third-order valence-electron chi connectivity index (χ3n) is 5.76. The number of amides is 1. The van der Waals surface area contributed by atoms with Crippen molar-refractivity contribution in [3.8, 4) is 23.0 Å². The van der Waals surface area contributed by atoms with Crippen LogP contribution in [0.4, 0.5) is 11.4 Å². The molecule has 8 nitrogen and oxygen atoms in total. The van der Waals surface area contributed by atoms with E-state index in [1.807, 2.05) is 6.92 Å². The first-order chi connectivity index (χ1) is 18.7. The molecule has 0 spiro atoms. The molecule has 1 N–H and O–H groups in total. The molecule has 39 heavy (non-hydrogen) atoms. The number of carbonyl (C=O) groups is 1. The third-order valence-corrected chi connectivity index (χ3v) is 7.78. The van der Waals surface area contributed by atoms with Crippen molar-refractivity contribution in [2.75, 3.05) is 30.4 Å². The number of halogens is 1. The van der Waals surface area contributed by atoms with Crippen molar-refractivity contribution in [3.63, 3.8) is 0 Å². The monoisotopic (exact) mass is 566 g/mol. The smallest absolute Gasteiger partial charge is 0.264 e. The average Bonchev–Trinajstić information content (AvgIpc) is 2.93. The molecule has 0 atom stereocenters. The van der Waals surface area contributed by atoms with E-state index in [4.69, 9.17) is 25.8 Å². The van der Waals surface area contributed by atoms with E-state index in [1.54, 1.807) is 72.8 Å². The summed E-state index contributed by atoms with van der Waals surface area (Å²) in [6.07, 6.45) is 0. The minimum absolute atomic E-state index is 0.0552. The molecule has 4 rings (SSSR count). The average molecular weight is 567 g/mol. The Labute approximate surface area is 232 Å². The SMILES string of the molecule is COc1ccc(N(CC(=O)Nc2cc(Cl)ccc2Oc2ccccc2OC)S(=O)(=O)c2ccc(C)cc2)cc1. The molecule has 0 bridgehead atoms. The largest absolute Gasteiger partial charge is 0.497 e. The summed E-state index contributed by atoms with van der Waals surface area (Å²) in [6.45, 7) is 1.35. The Bertz CT molecular complexity index is 1560. The van der Waals surface area contributed by atoms with Crippen molar-refractivity contribution in [2.45, 2.75) is 11.8 Å². The number of hydrogen-bond donors (Lipinski definition) is 1. The Balaban J connectivity index is 1.65. The van der Waals surface area contributed by atoms with Crippen LogP contribution in [0.15, 0.2) is 95.9 Å². The highest BCUT2D eigenvalue weighted by molar-refractivity contribution is 7.92. The molecule has 0 saturated heterocycles. The van der Waals surface area contributed by atoms with E-state index < -0.39 is 22.5 Å². The Hall–Kier alpha value is -4.21. The van der Waals surface area contributed by atoms with Crippen molar-refractivity contribution in [2.24, 2.45) is 0 Å². The minimum atomic E-state index is -4.10. The number of nitrogens with zero attached hydrogens (tertiary/aromatic N) is 1. The molecule has 0 fully saturated rings. The lowest BCUT2D eigenvalue weighted by atomic mass is 10.2. The number of aryl methyl sites for hydroxylation is 1. The van der Waals surface area contributed by atoms with Crippen LogP contribution in [0.25, 0.3) is 0 Å². The van der Waals surface area contributed by atoms with Crippen LogP contribution < -0.4 is 23.8 Å². The van der Waals surface area contributed by atoms with Crippen molar-refractivity contribution in [3.05, 3.63) is 102 Å². The van der Waals surface area contributed by atoms with Crippen LogP contribution in [-0.4, -0.2) is 35.1 Å². The second kappa shape index (κ2) is 12.1. The highest BCUT2D eigenvalue weighted by Gasteiger charge is 2.28.